The maximum absolute atomic E-state index is 11.6. The first-order chi connectivity index (χ1) is 7.15. The lowest BCUT2D eigenvalue weighted by Crippen LogP contribution is -2.47. The fraction of sp³-hybridized carbons (Fsp3) is 0.900. The fourth-order valence-corrected chi connectivity index (χ4v) is 1.26. The van der Waals surface area contributed by atoms with Crippen molar-refractivity contribution in [1.82, 2.24) is 5.32 Å². The van der Waals surface area contributed by atoms with E-state index in [0.29, 0.717) is 19.8 Å². The number of amides is 1. The van der Waals surface area contributed by atoms with Gasteiger partial charge in [-0.25, -0.2) is 0 Å². The van der Waals surface area contributed by atoms with Gasteiger partial charge in [0.25, 0.3) is 5.91 Å². The molecule has 1 aliphatic rings. The average Bonchev–Trinajstić information content (AvgIpc) is 2.29. The first-order valence-corrected chi connectivity index (χ1v) is 5.25. The van der Waals surface area contributed by atoms with E-state index in [9.17, 15) is 4.79 Å². The Bertz CT molecular complexity index is 204. The predicted molar refractivity (Wildman–Crippen MR) is 54.4 cm³/mol. The van der Waals surface area contributed by atoms with E-state index >= 15 is 0 Å². The highest BCUT2D eigenvalue weighted by Gasteiger charge is 2.24. The quantitative estimate of drug-likeness (QED) is 0.668. The summed E-state index contributed by atoms with van der Waals surface area (Å²) in [5.74, 6) is -0.124. The summed E-state index contributed by atoms with van der Waals surface area (Å²) < 4.78 is 10.4. The molecule has 0 saturated carbocycles. The predicted octanol–water partition coefficient (Wildman–Crippen LogP) is -0.465. The monoisotopic (exact) mass is 217 g/mol. The van der Waals surface area contributed by atoms with Crippen molar-refractivity contribution in [3.8, 4) is 0 Å². The van der Waals surface area contributed by atoms with Crippen LogP contribution in [0, 0.1) is 5.92 Å². The van der Waals surface area contributed by atoms with Crippen molar-refractivity contribution in [2.75, 3.05) is 26.4 Å². The Balaban J connectivity index is 2.33. The van der Waals surface area contributed by atoms with Crippen LogP contribution in [0.2, 0.25) is 0 Å². The van der Waals surface area contributed by atoms with Gasteiger partial charge in [-0.05, 0) is 12.8 Å². The summed E-state index contributed by atoms with van der Waals surface area (Å²) in [7, 11) is 0. The number of carbonyl (C=O) groups is 1. The Labute approximate surface area is 89.8 Å². The van der Waals surface area contributed by atoms with E-state index in [0.717, 1.165) is 0 Å². The molecule has 3 atom stereocenters. The van der Waals surface area contributed by atoms with Gasteiger partial charge in [0.1, 0.15) is 0 Å². The second kappa shape index (κ2) is 6.05. The Kier molecular flexibility index (Phi) is 5.01. The normalized spacial score (nSPS) is 25.7. The lowest BCUT2D eigenvalue weighted by atomic mass is 10.1. The van der Waals surface area contributed by atoms with Gasteiger partial charge in [0.2, 0.25) is 0 Å². The molecular formula is C10H19NO4. The minimum absolute atomic E-state index is 0.0402. The largest absolute Gasteiger partial charge is 0.396 e. The van der Waals surface area contributed by atoms with Crippen molar-refractivity contribution < 1.29 is 19.4 Å². The molecule has 15 heavy (non-hydrogen) atoms. The number of hydrogen-bond acceptors (Lipinski definition) is 4. The molecule has 0 aromatic carbocycles. The van der Waals surface area contributed by atoms with Crippen LogP contribution in [0.25, 0.3) is 0 Å². The molecule has 1 saturated heterocycles. The molecule has 88 valence electrons. The molecule has 0 radical (unpaired) electrons. The number of rotatable bonds is 4. The Morgan fingerprint density at radius 2 is 2.27 bits per heavy atom. The summed E-state index contributed by atoms with van der Waals surface area (Å²) >= 11 is 0. The number of aliphatic hydroxyl groups is 1. The maximum Gasteiger partial charge on any atom is 0.251 e. The van der Waals surface area contributed by atoms with E-state index in [1.165, 1.54) is 0 Å². The van der Waals surface area contributed by atoms with E-state index in [2.05, 4.69) is 5.32 Å². The molecular weight excluding hydrogens is 198 g/mol. The number of nitrogens with one attached hydrogen (secondary N) is 1. The number of carbonyl (C=O) groups excluding carboxylic acids is 1. The second-order valence-electron chi connectivity index (χ2n) is 3.89. The highest BCUT2D eigenvalue weighted by Crippen LogP contribution is 2.04. The first-order valence-electron chi connectivity index (χ1n) is 5.25. The van der Waals surface area contributed by atoms with Gasteiger partial charge in [-0.15, -0.1) is 0 Å². The van der Waals surface area contributed by atoms with E-state index in [1.807, 2.05) is 13.8 Å². The third kappa shape index (κ3) is 3.77. The summed E-state index contributed by atoms with van der Waals surface area (Å²) in [6.45, 7) is 5.12. The lowest BCUT2D eigenvalue weighted by molar-refractivity contribution is -0.148. The number of ether oxygens (including phenoxy) is 2. The molecule has 3 unspecified atom stereocenters. The molecule has 1 heterocycles. The minimum atomic E-state index is -0.507. The van der Waals surface area contributed by atoms with Crippen LogP contribution in [0.15, 0.2) is 0 Å². The molecule has 0 spiro atoms. The topological polar surface area (TPSA) is 67.8 Å². The number of aliphatic hydroxyl groups excluding tert-OH is 1. The smallest absolute Gasteiger partial charge is 0.251 e. The van der Waals surface area contributed by atoms with Gasteiger partial charge in [-0.2, -0.15) is 0 Å². The van der Waals surface area contributed by atoms with Crippen LogP contribution in [0.4, 0.5) is 0 Å². The molecule has 0 bridgehead atoms. The van der Waals surface area contributed by atoms with E-state index in [4.69, 9.17) is 14.6 Å². The molecule has 1 rings (SSSR count). The first kappa shape index (κ1) is 12.4. The fourth-order valence-electron chi connectivity index (χ4n) is 1.26. The summed E-state index contributed by atoms with van der Waals surface area (Å²) in [5.41, 5.74) is 0. The van der Waals surface area contributed by atoms with Crippen LogP contribution in [0.1, 0.15) is 13.8 Å². The molecule has 1 amide bonds. The van der Waals surface area contributed by atoms with Crippen LogP contribution in [0.5, 0.6) is 0 Å². The zero-order valence-corrected chi connectivity index (χ0v) is 9.23. The minimum Gasteiger partial charge on any atom is -0.396 e. The average molecular weight is 217 g/mol. The van der Waals surface area contributed by atoms with Crippen LogP contribution >= 0.6 is 0 Å². The van der Waals surface area contributed by atoms with Gasteiger partial charge >= 0.3 is 0 Å². The zero-order valence-electron chi connectivity index (χ0n) is 9.23. The van der Waals surface area contributed by atoms with Crippen molar-refractivity contribution in [3.05, 3.63) is 0 Å². The van der Waals surface area contributed by atoms with Crippen molar-refractivity contribution in [3.63, 3.8) is 0 Å². The van der Waals surface area contributed by atoms with E-state index in [1.54, 1.807) is 0 Å². The molecule has 0 aliphatic carbocycles. The van der Waals surface area contributed by atoms with Crippen LogP contribution in [-0.4, -0.2) is 49.6 Å². The van der Waals surface area contributed by atoms with Gasteiger partial charge in [0.05, 0.1) is 19.8 Å². The maximum atomic E-state index is 11.6. The van der Waals surface area contributed by atoms with Crippen molar-refractivity contribution in [1.29, 1.82) is 0 Å². The SMILES string of the molecule is CC(CO)C(C)NC(=O)C1COCCO1. The van der Waals surface area contributed by atoms with Crippen LogP contribution in [0.3, 0.4) is 0 Å². The van der Waals surface area contributed by atoms with Crippen molar-refractivity contribution in [2.24, 2.45) is 5.92 Å². The Morgan fingerprint density at radius 3 is 2.80 bits per heavy atom. The molecule has 0 aromatic rings. The lowest BCUT2D eigenvalue weighted by Gasteiger charge is -2.25. The third-order valence-electron chi connectivity index (χ3n) is 2.62. The molecule has 1 aliphatic heterocycles. The Hall–Kier alpha value is -0.650. The van der Waals surface area contributed by atoms with Crippen molar-refractivity contribution in [2.45, 2.75) is 26.0 Å². The van der Waals surface area contributed by atoms with Gasteiger partial charge in [-0.1, -0.05) is 6.92 Å². The zero-order chi connectivity index (χ0) is 11.3. The van der Waals surface area contributed by atoms with Crippen LogP contribution < -0.4 is 5.32 Å². The third-order valence-corrected chi connectivity index (χ3v) is 2.62. The molecule has 5 heteroatoms. The van der Waals surface area contributed by atoms with Gasteiger partial charge < -0.3 is 19.9 Å². The summed E-state index contributed by atoms with van der Waals surface area (Å²) in [5, 5.41) is 11.7. The summed E-state index contributed by atoms with van der Waals surface area (Å²) in [6.07, 6.45) is -0.507. The Morgan fingerprint density at radius 1 is 1.53 bits per heavy atom. The second-order valence-corrected chi connectivity index (χ2v) is 3.89. The molecule has 5 nitrogen and oxygen atoms in total. The molecule has 1 fully saturated rings. The molecule has 0 aromatic heterocycles. The number of hydrogen-bond donors (Lipinski definition) is 2. The van der Waals surface area contributed by atoms with Crippen molar-refractivity contribution >= 4 is 5.91 Å². The van der Waals surface area contributed by atoms with Gasteiger partial charge in [0, 0.05) is 12.6 Å². The van der Waals surface area contributed by atoms with Crippen LogP contribution in [-0.2, 0) is 14.3 Å². The van der Waals surface area contributed by atoms with Gasteiger partial charge in [-0.3, -0.25) is 4.79 Å². The highest BCUT2D eigenvalue weighted by molar-refractivity contribution is 5.81. The van der Waals surface area contributed by atoms with Gasteiger partial charge in [0.15, 0.2) is 6.10 Å². The summed E-state index contributed by atoms with van der Waals surface area (Å²) in [4.78, 5) is 11.6. The van der Waals surface area contributed by atoms with E-state index in [-0.39, 0.29) is 24.5 Å². The van der Waals surface area contributed by atoms with E-state index < -0.39 is 6.10 Å². The highest BCUT2D eigenvalue weighted by atomic mass is 16.6. The standard InChI is InChI=1S/C10H19NO4/c1-7(5-12)8(2)11-10(13)9-6-14-3-4-15-9/h7-9,12H,3-6H2,1-2H3,(H,11,13). The summed E-state index contributed by atoms with van der Waals surface area (Å²) in [6, 6.07) is -0.0620. The molecule has 2 N–H and O–H groups in total.